The molecule has 61 heavy (non-hydrogen) atoms. The van der Waals surface area contributed by atoms with Gasteiger partial charge in [-0.3, -0.25) is 28.8 Å². The molecule has 12 nitrogen and oxygen atoms in total. The molecular weight excluding hydrogens is 769 g/mol. The van der Waals surface area contributed by atoms with Gasteiger partial charge in [-0.05, 0) is 56.2 Å². The van der Waals surface area contributed by atoms with Crippen LogP contribution in [0.5, 0.6) is 0 Å². The van der Waals surface area contributed by atoms with Gasteiger partial charge in [-0.15, -0.1) is 26.3 Å². The van der Waals surface area contributed by atoms with E-state index in [0.29, 0.717) is 72.0 Å². The third kappa shape index (κ3) is 27.7. The summed E-state index contributed by atoms with van der Waals surface area (Å²) in [5, 5.41) is 0. The third-order valence-electron chi connectivity index (χ3n) is 8.12. The van der Waals surface area contributed by atoms with Crippen LogP contribution >= 0.6 is 0 Å². The van der Waals surface area contributed by atoms with Crippen LogP contribution in [0.1, 0.15) is 33.6 Å². The highest BCUT2D eigenvalue weighted by Gasteiger charge is 2.14. The molecular formula is C49H72N6O6. The minimum absolute atomic E-state index is 0.0657. The number of hydrogen-bond donors (Lipinski definition) is 0. The summed E-state index contributed by atoms with van der Waals surface area (Å²) in [6.07, 6.45) is 27.4. The molecule has 0 fully saturated rings. The lowest BCUT2D eigenvalue weighted by atomic mass is 10.2. The van der Waals surface area contributed by atoms with Crippen molar-refractivity contribution < 1.29 is 28.8 Å². The molecule has 1 unspecified atom stereocenters. The molecule has 0 heterocycles. The second kappa shape index (κ2) is 38.9. The Hall–Kier alpha value is -6.56. The second-order valence-electron chi connectivity index (χ2n) is 12.8. The van der Waals surface area contributed by atoms with E-state index >= 15 is 0 Å². The maximum Gasteiger partial charge on any atom is 0.246 e. The number of carbonyl (C=O) groups is 6. The summed E-state index contributed by atoms with van der Waals surface area (Å²) < 4.78 is 0. The molecule has 0 bridgehead atoms. The summed E-state index contributed by atoms with van der Waals surface area (Å²) in [5.74, 6) is -0.748. The molecule has 0 saturated carbocycles. The van der Waals surface area contributed by atoms with Gasteiger partial charge < -0.3 is 29.4 Å². The van der Waals surface area contributed by atoms with Crippen LogP contribution in [0.3, 0.4) is 0 Å². The van der Waals surface area contributed by atoms with Crippen LogP contribution in [0.4, 0.5) is 0 Å². The fourth-order valence-corrected chi connectivity index (χ4v) is 5.01. The highest BCUT2D eigenvalue weighted by molar-refractivity contribution is 5.89. The van der Waals surface area contributed by atoms with E-state index in [4.69, 9.17) is 0 Å². The maximum atomic E-state index is 11.7. The van der Waals surface area contributed by atoms with Gasteiger partial charge in [0.1, 0.15) is 0 Å². The average Bonchev–Trinajstić information content (AvgIpc) is 3.27. The zero-order chi connectivity index (χ0) is 47.0. The predicted molar refractivity (Wildman–Crippen MR) is 254 cm³/mol. The molecule has 12 heteroatoms. The fraction of sp³-hybridized carbons (Fsp3) is 0.347. The average molecular weight is 841 g/mol. The van der Waals surface area contributed by atoms with Crippen molar-refractivity contribution in [2.24, 2.45) is 0 Å². The zero-order valence-electron chi connectivity index (χ0n) is 37.2. The van der Waals surface area contributed by atoms with Crippen molar-refractivity contribution in [3.05, 3.63) is 163 Å². The van der Waals surface area contributed by atoms with Gasteiger partial charge >= 0.3 is 0 Å². The smallest absolute Gasteiger partial charge is 0.246 e. The number of hydrogen-bond acceptors (Lipinski definition) is 6. The SMILES string of the molecule is C=CC(=O)N(C/C=C/CN(CCC)C(=O)C=C)CCC.C=CCN(C/C=C/C(C)N(CC=C)C(=O)C=C)C(=O)C=C.C=CCN(C/C=C/CN(CC=C)C(=O)C=C)C(=O)C=C. The standard InChI is InChI=1S/C17H24N2O2.C16H26N2O2.C16H22N2O2/c1-6-12-18(16(20)8-3)14-10-11-15(5)19(13-7-2)17(21)9-4;2*1-5-11-17(15(19)7-3)13-9-10-14-18(12-6-2)16(20)8-4/h6-11,15H,1-4,12-14H2,5H3;7-10H,3-6,11-14H2,1-2H3;5-10H,1-4,11-14H2/b11-10+;2*10-9+. The summed E-state index contributed by atoms with van der Waals surface area (Å²) in [6.45, 7) is 46.9. The maximum absolute atomic E-state index is 11.7. The Labute approximate surface area is 367 Å². The molecule has 6 amide bonds. The van der Waals surface area contributed by atoms with Gasteiger partial charge in [0.2, 0.25) is 35.4 Å². The molecule has 334 valence electrons. The lowest BCUT2D eigenvalue weighted by Gasteiger charge is -2.25. The normalized spacial score (nSPS) is 10.5. The van der Waals surface area contributed by atoms with Gasteiger partial charge in [-0.2, -0.15) is 0 Å². The van der Waals surface area contributed by atoms with Crippen LogP contribution in [-0.2, 0) is 28.8 Å². The quantitative estimate of drug-likeness (QED) is 0.0589. The molecule has 0 aromatic heterocycles. The van der Waals surface area contributed by atoms with Crippen molar-refractivity contribution in [3.8, 4) is 0 Å². The van der Waals surface area contributed by atoms with Gasteiger partial charge in [0.25, 0.3) is 0 Å². The molecule has 0 aliphatic rings. The van der Waals surface area contributed by atoms with Crippen molar-refractivity contribution in [3.63, 3.8) is 0 Å². The molecule has 0 spiro atoms. The first-order valence-corrected chi connectivity index (χ1v) is 20.1. The molecule has 0 aromatic carbocycles. The molecule has 0 radical (unpaired) electrons. The summed E-state index contributed by atoms with van der Waals surface area (Å²) >= 11 is 0. The Balaban J connectivity index is -0.000000828. The minimum atomic E-state index is -0.155. The first kappa shape index (κ1) is 58.8. The van der Waals surface area contributed by atoms with E-state index < -0.39 is 0 Å². The molecule has 0 N–H and O–H groups in total. The third-order valence-corrected chi connectivity index (χ3v) is 8.12. The van der Waals surface area contributed by atoms with Crippen LogP contribution in [-0.4, -0.2) is 143 Å². The van der Waals surface area contributed by atoms with E-state index in [1.165, 1.54) is 36.5 Å². The molecule has 0 aromatic rings. The van der Waals surface area contributed by atoms with Crippen LogP contribution in [0.15, 0.2) is 163 Å². The summed E-state index contributed by atoms with van der Waals surface area (Å²) in [5.41, 5.74) is 0. The number of nitrogens with zero attached hydrogens (tertiary/aromatic N) is 6. The number of amides is 6. The van der Waals surface area contributed by atoms with E-state index in [-0.39, 0.29) is 41.5 Å². The fourth-order valence-electron chi connectivity index (χ4n) is 5.01. The van der Waals surface area contributed by atoms with Crippen molar-refractivity contribution >= 4 is 35.4 Å². The zero-order valence-corrected chi connectivity index (χ0v) is 37.2. The Morgan fingerprint density at radius 3 is 0.902 bits per heavy atom. The van der Waals surface area contributed by atoms with Gasteiger partial charge in [0, 0.05) is 78.0 Å². The lowest BCUT2D eigenvalue weighted by molar-refractivity contribution is -0.127. The predicted octanol–water partition coefficient (Wildman–Crippen LogP) is 6.67. The molecule has 0 saturated heterocycles. The van der Waals surface area contributed by atoms with Gasteiger partial charge in [-0.25, -0.2) is 0 Å². The van der Waals surface area contributed by atoms with Gasteiger partial charge in [-0.1, -0.05) is 114 Å². The van der Waals surface area contributed by atoms with Crippen LogP contribution in [0, 0.1) is 0 Å². The molecule has 0 aliphatic carbocycles. The summed E-state index contributed by atoms with van der Waals surface area (Å²) in [6, 6.07) is -0.113. The van der Waals surface area contributed by atoms with Gasteiger partial charge in [0.15, 0.2) is 0 Å². The Kier molecular flexibility index (Phi) is 37.5. The highest BCUT2D eigenvalue weighted by atomic mass is 16.2. The number of carbonyl (C=O) groups excluding carboxylic acids is 6. The van der Waals surface area contributed by atoms with E-state index in [1.54, 1.807) is 53.7 Å². The second-order valence-corrected chi connectivity index (χ2v) is 12.8. The van der Waals surface area contributed by atoms with Gasteiger partial charge in [0.05, 0.1) is 0 Å². The highest BCUT2D eigenvalue weighted by Crippen LogP contribution is 2.04. The van der Waals surface area contributed by atoms with E-state index in [1.807, 2.05) is 57.2 Å². The molecule has 0 aliphatic heterocycles. The van der Waals surface area contributed by atoms with Crippen molar-refractivity contribution in [2.45, 2.75) is 39.7 Å². The largest absolute Gasteiger partial charge is 0.335 e. The van der Waals surface area contributed by atoms with Crippen LogP contribution < -0.4 is 0 Å². The first-order chi connectivity index (χ1) is 29.2. The lowest BCUT2D eigenvalue weighted by Crippen LogP contribution is -2.36. The van der Waals surface area contributed by atoms with Crippen LogP contribution in [0.2, 0.25) is 0 Å². The summed E-state index contributed by atoms with van der Waals surface area (Å²) in [7, 11) is 0. The summed E-state index contributed by atoms with van der Waals surface area (Å²) in [4.78, 5) is 79.4. The Morgan fingerprint density at radius 1 is 0.377 bits per heavy atom. The van der Waals surface area contributed by atoms with E-state index in [0.717, 1.165) is 12.8 Å². The van der Waals surface area contributed by atoms with Crippen LogP contribution in [0.25, 0.3) is 0 Å². The first-order valence-electron chi connectivity index (χ1n) is 20.1. The van der Waals surface area contributed by atoms with Crippen molar-refractivity contribution in [1.82, 2.24) is 29.4 Å². The van der Waals surface area contributed by atoms with Crippen molar-refractivity contribution in [2.75, 3.05) is 72.0 Å². The monoisotopic (exact) mass is 841 g/mol. The number of rotatable bonds is 30. The Morgan fingerprint density at radius 2 is 0.639 bits per heavy atom. The van der Waals surface area contributed by atoms with Crippen molar-refractivity contribution in [1.29, 1.82) is 0 Å². The Bertz CT molecular complexity index is 1500. The topological polar surface area (TPSA) is 122 Å². The molecule has 0 rings (SSSR count). The van der Waals surface area contributed by atoms with E-state index in [9.17, 15) is 28.8 Å². The minimum Gasteiger partial charge on any atom is -0.335 e. The molecule has 1 atom stereocenters. The van der Waals surface area contributed by atoms with E-state index in [2.05, 4.69) is 65.8 Å².